The molecular weight excluding hydrogens is 330 g/mol. The third-order valence-corrected chi connectivity index (χ3v) is 5.40. The largest absolute Gasteiger partial charge is 0.457 e. The monoisotopic (exact) mass is 355 g/mol. The minimum Gasteiger partial charge on any atom is -0.457 e. The normalized spacial score (nSPS) is 40.0. The number of piperidine rings is 1. The second kappa shape index (κ2) is 7.39. The number of imide groups is 1. The van der Waals surface area contributed by atoms with Crippen molar-refractivity contribution >= 4 is 17.8 Å². The molecule has 0 bridgehead atoms. The summed E-state index contributed by atoms with van der Waals surface area (Å²) >= 11 is 0. The van der Waals surface area contributed by atoms with E-state index in [1.807, 2.05) is 0 Å². The van der Waals surface area contributed by atoms with Crippen LogP contribution in [0.5, 0.6) is 0 Å². The second-order valence-electron chi connectivity index (χ2n) is 7.23. The Bertz CT molecular complexity index is 535. The maximum Gasteiger partial charge on any atom is 0.303 e. The summed E-state index contributed by atoms with van der Waals surface area (Å²) in [5.74, 6) is -0.888. The van der Waals surface area contributed by atoms with Crippen molar-refractivity contribution in [2.24, 2.45) is 17.8 Å². The van der Waals surface area contributed by atoms with Crippen LogP contribution in [0, 0.1) is 17.8 Å². The lowest BCUT2D eigenvalue weighted by atomic mass is 9.82. The average Bonchev–Trinajstić information content (AvgIpc) is 2.86. The van der Waals surface area contributed by atoms with Crippen LogP contribution >= 0.6 is 0 Å². The fourth-order valence-electron chi connectivity index (χ4n) is 3.91. The molecule has 3 saturated heterocycles. The van der Waals surface area contributed by atoms with Gasteiger partial charge in [-0.15, -0.1) is 0 Å². The molecule has 140 valence electrons. The quantitative estimate of drug-likeness (QED) is 0.577. The van der Waals surface area contributed by atoms with Crippen molar-refractivity contribution in [2.75, 3.05) is 13.4 Å². The summed E-state index contributed by atoms with van der Waals surface area (Å²) < 4.78 is 22.9. The van der Waals surface area contributed by atoms with Crippen LogP contribution in [0.15, 0.2) is 0 Å². The van der Waals surface area contributed by atoms with E-state index in [0.29, 0.717) is 12.5 Å². The summed E-state index contributed by atoms with van der Waals surface area (Å²) in [6.07, 6.45) is -1.70. The molecule has 0 radical (unpaired) electrons. The molecule has 0 saturated carbocycles. The first kappa shape index (κ1) is 18.3. The minimum absolute atomic E-state index is 0.0143. The Kier molecular flexibility index (Phi) is 5.41. The molecule has 1 N–H and O–H groups in total. The molecule has 3 fully saturated rings. The Morgan fingerprint density at radius 2 is 1.68 bits per heavy atom. The zero-order valence-corrected chi connectivity index (χ0v) is 14.7. The number of carbonyl (C=O) groups excluding carboxylic acids is 3. The van der Waals surface area contributed by atoms with E-state index in [-0.39, 0.29) is 49.4 Å². The molecule has 0 aromatic rings. The molecule has 6 atom stereocenters. The Morgan fingerprint density at radius 1 is 1.04 bits per heavy atom. The number of hydrogen-bond donors (Lipinski definition) is 1. The highest BCUT2D eigenvalue weighted by Gasteiger charge is 2.50. The molecule has 3 aliphatic heterocycles. The van der Waals surface area contributed by atoms with E-state index in [2.05, 4.69) is 19.2 Å². The van der Waals surface area contributed by atoms with E-state index in [1.165, 1.54) is 6.92 Å². The zero-order chi connectivity index (χ0) is 18.1. The van der Waals surface area contributed by atoms with Crippen molar-refractivity contribution in [1.29, 1.82) is 0 Å². The van der Waals surface area contributed by atoms with Gasteiger partial charge >= 0.3 is 5.97 Å². The molecule has 3 rings (SSSR count). The number of ether oxygens (including phenoxy) is 4. The van der Waals surface area contributed by atoms with Crippen LogP contribution in [0.4, 0.5) is 0 Å². The van der Waals surface area contributed by atoms with Gasteiger partial charge in [0.05, 0.1) is 6.10 Å². The lowest BCUT2D eigenvalue weighted by Gasteiger charge is -2.43. The molecule has 6 unspecified atom stereocenters. The first-order valence-electron chi connectivity index (χ1n) is 8.71. The molecule has 8 heteroatoms. The number of rotatable bonds is 3. The number of nitrogens with one attached hydrogen (secondary N) is 1. The van der Waals surface area contributed by atoms with Crippen molar-refractivity contribution in [1.82, 2.24) is 5.32 Å². The summed E-state index contributed by atoms with van der Waals surface area (Å²) in [6, 6.07) is 0. The van der Waals surface area contributed by atoms with Crippen LogP contribution in [0.2, 0.25) is 0 Å². The van der Waals surface area contributed by atoms with Gasteiger partial charge in [0.15, 0.2) is 6.10 Å². The highest BCUT2D eigenvalue weighted by Crippen LogP contribution is 2.37. The molecule has 25 heavy (non-hydrogen) atoms. The van der Waals surface area contributed by atoms with Gasteiger partial charge in [0.25, 0.3) is 0 Å². The maximum absolute atomic E-state index is 11.7. The zero-order valence-electron chi connectivity index (χ0n) is 14.7. The van der Waals surface area contributed by atoms with Gasteiger partial charge in [0.1, 0.15) is 19.0 Å². The molecule has 3 aliphatic rings. The molecule has 0 aromatic heterocycles. The molecular formula is C17H25NO7. The summed E-state index contributed by atoms with van der Waals surface area (Å²) in [6.45, 7) is 6.14. The van der Waals surface area contributed by atoms with Crippen LogP contribution < -0.4 is 5.32 Å². The van der Waals surface area contributed by atoms with E-state index in [4.69, 9.17) is 18.9 Å². The van der Waals surface area contributed by atoms with Crippen molar-refractivity contribution in [3.63, 3.8) is 0 Å². The summed E-state index contributed by atoms with van der Waals surface area (Å²) in [5, 5.41) is 2.29. The molecule has 2 amide bonds. The number of hydrogen-bond acceptors (Lipinski definition) is 7. The number of carbonyl (C=O) groups is 3. The summed E-state index contributed by atoms with van der Waals surface area (Å²) in [5.41, 5.74) is 0. The van der Waals surface area contributed by atoms with Crippen LogP contribution in [-0.2, 0) is 33.3 Å². The Labute approximate surface area is 146 Å². The molecule has 8 nitrogen and oxygen atoms in total. The molecule has 0 aromatic carbocycles. The lowest BCUT2D eigenvalue weighted by Crippen LogP contribution is -2.58. The van der Waals surface area contributed by atoms with Gasteiger partial charge in [-0.1, -0.05) is 13.8 Å². The van der Waals surface area contributed by atoms with E-state index < -0.39 is 24.3 Å². The van der Waals surface area contributed by atoms with Gasteiger partial charge in [-0.2, -0.15) is 0 Å². The summed E-state index contributed by atoms with van der Waals surface area (Å²) in [7, 11) is 0. The highest BCUT2D eigenvalue weighted by molar-refractivity contribution is 5.97. The van der Waals surface area contributed by atoms with Crippen LogP contribution in [-0.4, -0.2) is 55.6 Å². The fourth-order valence-corrected chi connectivity index (χ4v) is 3.91. The predicted octanol–water partition coefficient (Wildman–Crippen LogP) is 0.383. The standard InChI is InChI=1S/C17H25NO7/c1-8-6-22-14(9(8)2)16-17(25-10(3)19)15(23-7-24-16)11-4-12(20)18-13(21)5-11/h8-9,11,14-17H,4-7H2,1-3H3,(H,18,20,21). The van der Waals surface area contributed by atoms with E-state index in [9.17, 15) is 14.4 Å². The fraction of sp³-hybridized carbons (Fsp3) is 0.824. The third-order valence-electron chi connectivity index (χ3n) is 5.40. The van der Waals surface area contributed by atoms with Crippen molar-refractivity contribution in [3.8, 4) is 0 Å². The van der Waals surface area contributed by atoms with E-state index >= 15 is 0 Å². The third kappa shape index (κ3) is 3.86. The second-order valence-corrected chi connectivity index (χ2v) is 7.23. The van der Waals surface area contributed by atoms with Crippen molar-refractivity contribution < 1.29 is 33.3 Å². The van der Waals surface area contributed by atoms with Gasteiger partial charge in [-0.3, -0.25) is 19.7 Å². The predicted molar refractivity (Wildman–Crippen MR) is 84.1 cm³/mol. The van der Waals surface area contributed by atoms with Crippen molar-refractivity contribution in [2.45, 2.75) is 58.0 Å². The topological polar surface area (TPSA) is 100 Å². The van der Waals surface area contributed by atoms with Gasteiger partial charge in [0.2, 0.25) is 11.8 Å². The Morgan fingerprint density at radius 3 is 2.24 bits per heavy atom. The summed E-state index contributed by atoms with van der Waals surface area (Å²) in [4.78, 5) is 35.1. The minimum atomic E-state index is -0.715. The number of amides is 2. The van der Waals surface area contributed by atoms with Gasteiger partial charge in [-0.05, 0) is 11.8 Å². The average molecular weight is 355 g/mol. The van der Waals surface area contributed by atoms with Gasteiger partial charge in [0, 0.05) is 32.3 Å². The molecule has 0 spiro atoms. The Hall–Kier alpha value is -1.51. The van der Waals surface area contributed by atoms with Crippen LogP contribution in [0.25, 0.3) is 0 Å². The molecule has 0 aliphatic carbocycles. The smallest absolute Gasteiger partial charge is 0.303 e. The first-order chi connectivity index (χ1) is 11.9. The van der Waals surface area contributed by atoms with Gasteiger partial charge in [-0.25, -0.2) is 0 Å². The SMILES string of the molecule is CC(=O)OC1C(C2CC(=O)NC(=O)C2)OCOC1C1OCC(C)C1C. The lowest BCUT2D eigenvalue weighted by molar-refractivity contribution is -0.271. The van der Waals surface area contributed by atoms with Crippen LogP contribution in [0.3, 0.4) is 0 Å². The first-order valence-corrected chi connectivity index (χ1v) is 8.71. The highest BCUT2D eigenvalue weighted by atomic mass is 16.7. The van der Waals surface area contributed by atoms with E-state index in [0.717, 1.165) is 0 Å². The Balaban J connectivity index is 1.82. The van der Waals surface area contributed by atoms with Gasteiger partial charge < -0.3 is 18.9 Å². The van der Waals surface area contributed by atoms with E-state index in [1.54, 1.807) is 0 Å². The van der Waals surface area contributed by atoms with Crippen LogP contribution in [0.1, 0.15) is 33.6 Å². The maximum atomic E-state index is 11.7. The number of esters is 1. The molecule has 3 heterocycles. The van der Waals surface area contributed by atoms with Crippen molar-refractivity contribution in [3.05, 3.63) is 0 Å².